The summed E-state index contributed by atoms with van der Waals surface area (Å²) in [5.41, 5.74) is 9.13. The van der Waals surface area contributed by atoms with Crippen molar-refractivity contribution in [1.29, 1.82) is 0 Å². The van der Waals surface area contributed by atoms with Gasteiger partial charge in [-0.05, 0) is 90.7 Å². The molecule has 0 bridgehead atoms. The molecule has 10 rings (SSSR count). The Morgan fingerprint density at radius 1 is 0.727 bits per heavy atom. The predicted molar refractivity (Wildman–Crippen MR) is 505 cm³/mol. The third-order valence-corrected chi connectivity index (χ3v) is 27.0. The highest BCUT2D eigenvalue weighted by molar-refractivity contribution is 7.09. The fraction of sp³-hybridized carbons (Fsp3) is 0.573. The van der Waals surface area contributed by atoms with Crippen molar-refractivity contribution in [2.24, 2.45) is 35.3 Å². The molecule has 4 aliphatic heterocycles. The van der Waals surface area contributed by atoms with Gasteiger partial charge in [0.05, 0.1) is 85.9 Å². The molecule has 12 amide bonds. The van der Waals surface area contributed by atoms with Gasteiger partial charge >= 0.3 is 18.1 Å². The smallest absolute Gasteiger partial charge is 0.410 e. The molecule has 4 aromatic carbocycles. The van der Waals surface area contributed by atoms with Crippen LogP contribution in [0.5, 0.6) is 0 Å². The molecule has 43 heteroatoms. The number of likely N-dealkylation sites (tertiary alicyclic amines) is 1. The van der Waals surface area contributed by atoms with Crippen LogP contribution in [0.3, 0.4) is 0 Å². The molecule has 42 nitrogen and oxygen atoms in total. The van der Waals surface area contributed by atoms with Crippen LogP contribution in [0.4, 0.5) is 21.0 Å². The molecule has 0 spiro atoms. The number of nitrogens with zero attached hydrogens (tertiary/aromatic N) is 8. The van der Waals surface area contributed by atoms with Crippen molar-refractivity contribution in [3.05, 3.63) is 136 Å². The van der Waals surface area contributed by atoms with Crippen LogP contribution in [-0.4, -0.2) is 310 Å². The van der Waals surface area contributed by atoms with Crippen LogP contribution in [0.1, 0.15) is 155 Å². The van der Waals surface area contributed by atoms with Crippen LogP contribution in [-0.2, 0) is 102 Å². The molecule has 760 valence electrons. The predicted octanol–water partition coefficient (Wildman–Crippen LogP) is 3.14. The summed E-state index contributed by atoms with van der Waals surface area (Å²) in [6.45, 7) is 15.7. The molecule has 22 atom stereocenters. The molecule has 4 aliphatic rings. The van der Waals surface area contributed by atoms with Crippen LogP contribution >= 0.6 is 11.3 Å². The Labute approximate surface area is 810 Å². The van der Waals surface area contributed by atoms with Gasteiger partial charge in [-0.3, -0.25) is 48.1 Å². The lowest BCUT2D eigenvalue weighted by molar-refractivity contribution is -0.334. The summed E-state index contributed by atoms with van der Waals surface area (Å²) >= 11 is 1.45. The zero-order chi connectivity index (χ0) is 102. The fourth-order valence-electron chi connectivity index (χ4n) is 18.3. The van der Waals surface area contributed by atoms with Gasteiger partial charge in [-0.2, -0.15) is 0 Å². The SMILES string of the molecule is CCC(C)C(C(CC(=O)N1CCCC1C(OC)C(C)C(=O)NC(Cc1ccccc1)c1nccs1)OC)N(C)C(=O)C(NC(=O)C(C(C)C)N(C)C(=O)OCc1ccc(NC(=O)C(CCCNC(N)=O)NC(=O)C(NC(=O)CCC(=O)N2Cc3ccccc3-c3c(nnn3CC(O)C(O)C3OC(OCC4OC(O)C(O)C(O)C4O)(C(=O)O)CC(O)C3NC(C)=O)-c3ccccc32)C(C)C)cc1)C(C)C. The number of aliphatic hydroxyl groups excluding tert-OH is 7. The summed E-state index contributed by atoms with van der Waals surface area (Å²) in [6, 6.07) is 20.7. The van der Waals surface area contributed by atoms with E-state index in [1.807, 2.05) is 49.6 Å². The Hall–Kier alpha value is -11.6. The van der Waals surface area contributed by atoms with Crippen LogP contribution in [0, 0.1) is 29.6 Å². The average molecular weight is 1960 g/mol. The van der Waals surface area contributed by atoms with Crippen molar-refractivity contribution < 1.29 is 127 Å². The van der Waals surface area contributed by atoms with E-state index >= 15 is 4.79 Å². The quantitative estimate of drug-likeness (QED) is 0.0244. The molecule has 17 N–H and O–H groups in total. The number of aliphatic carboxylic acids is 1. The van der Waals surface area contributed by atoms with E-state index in [4.69, 9.17) is 34.2 Å². The second-order valence-corrected chi connectivity index (χ2v) is 37.9. The Kier molecular flexibility index (Phi) is 39.4. The molecular formula is C96H134N16O26S. The highest BCUT2D eigenvalue weighted by atomic mass is 32.1. The highest BCUT2D eigenvalue weighted by Gasteiger charge is 2.58. The Bertz CT molecular complexity index is 5180. The molecule has 2 aromatic heterocycles. The lowest BCUT2D eigenvalue weighted by Crippen LogP contribution is -2.68. The molecule has 6 heterocycles. The maximum absolute atomic E-state index is 15.0. The summed E-state index contributed by atoms with van der Waals surface area (Å²) in [5.74, 6) is -12.2. The number of aliphatic hydroxyl groups is 7. The topological polar surface area (TPSA) is 589 Å². The first kappa shape index (κ1) is 109. The third kappa shape index (κ3) is 27.4. The number of primary amides is 1. The number of para-hydroxylation sites is 1. The summed E-state index contributed by atoms with van der Waals surface area (Å²) < 4.78 is 36.0. The Balaban J connectivity index is 0.737. The Morgan fingerprint density at radius 3 is 2.04 bits per heavy atom. The number of fused-ring (bicyclic) bond motifs is 5. The minimum absolute atomic E-state index is 0.0181. The fourth-order valence-corrected chi connectivity index (χ4v) is 19.0. The largest absolute Gasteiger partial charge is 0.477 e. The molecule has 22 unspecified atom stereocenters. The van der Waals surface area contributed by atoms with E-state index in [0.29, 0.717) is 60.2 Å². The monoisotopic (exact) mass is 1960 g/mol. The van der Waals surface area contributed by atoms with Crippen molar-refractivity contribution in [2.45, 2.75) is 275 Å². The molecule has 0 aliphatic carbocycles. The van der Waals surface area contributed by atoms with Gasteiger partial charge in [0.1, 0.15) is 84.2 Å². The van der Waals surface area contributed by atoms with Gasteiger partial charge in [-0.1, -0.05) is 159 Å². The summed E-state index contributed by atoms with van der Waals surface area (Å²) in [4.78, 5) is 178. The number of nitrogens with one attached hydrogen (secondary N) is 7. The first-order chi connectivity index (χ1) is 66.0. The lowest BCUT2D eigenvalue weighted by Gasteiger charge is -2.47. The van der Waals surface area contributed by atoms with E-state index in [1.165, 1.54) is 47.2 Å². The normalized spacial score (nSPS) is 22.2. The number of anilines is 2. The van der Waals surface area contributed by atoms with E-state index in [-0.39, 0.29) is 73.8 Å². The van der Waals surface area contributed by atoms with Crippen LogP contribution in [0.15, 0.2) is 115 Å². The number of rotatable bonds is 45. The second kappa shape index (κ2) is 50.0. The average Bonchev–Trinajstić information content (AvgIpc) is 1.55. The molecule has 3 saturated heterocycles. The maximum Gasteiger partial charge on any atom is 0.410 e. The standard InChI is InChI=1S/C96H134N16O26S/c1-15-53(8)78(68(133-13)44-72(118)110-41-24-32-65(110)84(134-14)54(9)86(123)103-63(90-98-40-42-139-90)43-56-25-17-16-18-26-56)108(11)91(127)74(51(4)5)105-89(126)77(52(6)7)109(12)95(132)135-48-57-33-35-59(36-34-57)101-87(124)62(30-23-39-99-94(97)131)102-88(125)73(50(2)3)104-70(116)37-38-71(117)111-46-58-27-19-20-28-60(58)79-75(61-29-21-22-31-64(61)111)106-107-112(79)47-67(115)80(119)85-76(100-55(10)113)66(114)45-96(138-85,93(129)130)136-49-69-81(120)82(121)83(122)92(128)137-69/h16-22,25-29,31,33-36,40,42,50-54,62-63,65-69,73-74,76-78,80-85,92,114-115,119-122,128H,15,23-24,30,32,37-39,41,43-49H2,1-14H3,(H,100,113)(H,101,124)(H,102,125)(H,103,123)(H,104,116)(H,105,126)(H,129,130)(H3,97,99,131). The van der Waals surface area contributed by atoms with Crippen molar-refractivity contribution >= 4 is 94.0 Å². The highest BCUT2D eigenvalue weighted by Crippen LogP contribution is 2.43. The lowest BCUT2D eigenvalue weighted by atomic mass is 9.88. The van der Waals surface area contributed by atoms with Crippen LogP contribution in [0.2, 0.25) is 0 Å². The van der Waals surface area contributed by atoms with E-state index in [0.717, 1.165) is 22.4 Å². The van der Waals surface area contributed by atoms with E-state index < -0.39 is 237 Å². The number of carbonyl (C=O) groups is 12. The molecule has 0 saturated carbocycles. The van der Waals surface area contributed by atoms with Gasteiger partial charge in [0.15, 0.2) is 6.29 Å². The van der Waals surface area contributed by atoms with Crippen LogP contribution < -0.4 is 47.9 Å². The number of carboxylic acids is 1. The van der Waals surface area contributed by atoms with Crippen molar-refractivity contribution in [2.75, 3.05) is 58.2 Å². The zero-order valence-corrected chi connectivity index (χ0v) is 81.4. The number of nitrogens with two attached hydrogens (primary N) is 1. The van der Waals surface area contributed by atoms with E-state index in [2.05, 4.69) is 52.5 Å². The minimum atomic E-state index is -2.90. The van der Waals surface area contributed by atoms with Crippen molar-refractivity contribution in [1.82, 2.24) is 66.6 Å². The first-order valence-electron chi connectivity index (χ1n) is 46.8. The third-order valence-electron chi connectivity index (χ3n) is 26.1. The molecule has 3 fully saturated rings. The number of carboxylic acid groups (broad SMARTS) is 1. The number of carbonyl (C=O) groups excluding carboxylic acids is 11. The van der Waals surface area contributed by atoms with Crippen molar-refractivity contribution in [3.63, 3.8) is 0 Å². The molecular weight excluding hydrogens is 1830 g/mol. The number of benzene rings is 4. The van der Waals surface area contributed by atoms with Crippen LogP contribution in [0.25, 0.3) is 22.5 Å². The number of urea groups is 1. The first-order valence-corrected chi connectivity index (χ1v) is 47.7. The number of methoxy groups -OCH3 is 2. The number of aromatic nitrogens is 4. The number of hydrogen-bond acceptors (Lipinski definition) is 29. The summed E-state index contributed by atoms with van der Waals surface area (Å²) in [7, 11) is 6.08. The Morgan fingerprint density at radius 2 is 1.40 bits per heavy atom. The van der Waals surface area contributed by atoms with Crippen molar-refractivity contribution in [3.8, 4) is 22.5 Å². The number of likely N-dealkylation sites (N-methyl/N-ethyl adjacent to an activating group) is 2. The summed E-state index contributed by atoms with van der Waals surface area (Å²) in [6.07, 6.45) is -17.6. The molecule has 6 aromatic rings. The molecule has 0 radical (unpaired) electrons. The van der Waals surface area contributed by atoms with Gasteiger partial charge in [-0.25, -0.2) is 24.0 Å². The van der Waals surface area contributed by atoms with Gasteiger partial charge < -0.3 is 127 Å². The minimum Gasteiger partial charge on any atom is -0.477 e. The number of ether oxygens (including phenoxy) is 6. The van der Waals surface area contributed by atoms with E-state index in [1.54, 1.807) is 139 Å². The van der Waals surface area contributed by atoms with E-state index in [9.17, 15) is 93.6 Å². The number of hydrogen-bond donors (Lipinski definition) is 16. The number of amides is 12. The molecule has 139 heavy (non-hydrogen) atoms. The summed E-state index contributed by atoms with van der Waals surface area (Å²) in [5, 5.41) is 118. The number of thiazole rings is 1. The maximum atomic E-state index is 15.0. The second-order valence-electron chi connectivity index (χ2n) is 36.9. The van der Waals surface area contributed by atoms with Gasteiger partial charge in [0.25, 0.3) is 5.79 Å². The zero-order valence-electron chi connectivity index (χ0n) is 80.6. The van der Waals surface area contributed by atoms with Gasteiger partial charge in [0.2, 0.25) is 53.2 Å². The van der Waals surface area contributed by atoms with Gasteiger partial charge in [-0.15, -0.1) is 16.4 Å². The van der Waals surface area contributed by atoms with Gasteiger partial charge in [0, 0.05) is 96.0 Å².